The molecular formula is C17H26N2O2. The second-order valence-corrected chi connectivity index (χ2v) is 6.15. The molecule has 0 fully saturated rings. The van der Waals surface area contributed by atoms with Crippen LogP contribution in [0.5, 0.6) is 0 Å². The number of primary amides is 1. The lowest BCUT2D eigenvalue weighted by Crippen LogP contribution is -2.44. The summed E-state index contributed by atoms with van der Waals surface area (Å²) in [6.45, 7) is 8.22. The van der Waals surface area contributed by atoms with Gasteiger partial charge >= 0.3 is 0 Å². The second kappa shape index (κ2) is 7.81. The number of benzene rings is 1. The van der Waals surface area contributed by atoms with Crippen molar-refractivity contribution in [2.45, 2.75) is 34.2 Å². The third kappa shape index (κ3) is 4.88. The van der Waals surface area contributed by atoms with E-state index < -0.39 is 17.7 Å². The minimum absolute atomic E-state index is 0.0392. The van der Waals surface area contributed by atoms with Crippen LogP contribution in [0.1, 0.15) is 33.3 Å². The average Bonchev–Trinajstić information content (AvgIpc) is 2.41. The highest BCUT2D eigenvalue weighted by Crippen LogP contribution is 2.27. The summed E-state index contributed by atoms with van der Waals surface area (Å²) in [4.78, 5) is 24.2. The lowest BCUT2D eigenvalue weighted by molar-refractivity contribution is -0.136. The number of amides is 2. The fraction of sp³-hybridized carbons (Fsp3) is 0.529. The molecule has 0 saturated heterocycles. The van der Waals surface area contributed by atoms with E-state index in [1.807, 2.05) is 58.0 Å². The SMILES string of the molecule is CC(C)C(C(N)=O)[C@@H](C(=O)NCc1ccccc1)C(C)C. The summed E-state index contributed by atoms with van der Waals surface area (Å²) < 4.78 is 0. The van der Waals surface area contributed by atoms with Crippen LogP contribution in [0.15, 0.2) is 30.3 Å². The van der Waals surface area contributed by atoms with Gasteiger partial charge in [-0.1, -0.05) is 58.0 Å². The van der Waals surface area contributed by atoms with Gasteiger partial charge in [0, 0.05) is 6.54 Å². The number of hydrogen-bond donors (Lipinski definition) is 2. The van der Waals surface area contributed by atoms with Crippen LogP contribution in [0.25, 0.3) is 0 Å². The zero-order valence-corrected chi connectivity index (χ0v) is 13.3. The number of carbonyl (C=O) groups excluding carboxylic acids is 2. The lowest BCUT2D eigenvalue weighted by Gasteiger charge is -2.29. The standard InChI is InChI=1S/C17H26N2O2/c1-11(2)14(16(18)20)15(12(3)4)17(21)19-10-13-8-6-5-7-9-13/h5-9,11-12,14-15H,10H2,1-4H3,(H2,18,20)(H,19,21)/t14?,15-/m0/s1. The highest BCUT2D eigenvalue weighted by Gasteiger charge is 2.36. The molecule has 1 aromatic rings. The molecule has 21 heavy (non-hydrogen) atoms. The first-order valence-electron chi connectivity index (χ1n) is 7.45. The van der Waals surface area contributed by atoms with Crippen molar-refractivity contribution in [1.82, 2.24) is 5.32 Å². The Hall–Kier alpha value is -1.84. The van der Waals surface area contributed by atoms with Gasteiger partial charge in [0.2, 0.25) is 11.8 Å². The Morgan fingerprint density at radius 2 is 1.52 bits per heavy atom. The number of hydrogen-bond acceptors (Lipinski definition) is 2. The third-order valence-electron chi connectivity index (χ3n) is 3.76. The molecule has 0 radical (unpaired) electrons. The summed E-state index contributed by atoms with van der Waals surface area (Å²) in [6.07, 6.45) is 0. The summed E-state index contributed by atoms with van der Waals surface area (Å²) >= 11 is 0. The molecule has 0 saturated carbocycles. The molecule has 4 nitrogen and oxygen atoms in total. The molecule has 4 heteroatoms. The Bertz CT molecular complexity index is 469. The van der Waals surface area contributed by atoms with Gasteiger partial charge in [0.1, 0.15) is 0 Å². The number of rotatable bonds is 7. The van der Waals surface area contributed by atoms with E-state index in [1.54, 1.807) is 0 Å². The van der Waals surface area contributed by atoms with Crippen LogP contribution in [0.2, 0.25) is 0 Å². The predicted octanol–water partition coefficient (Wildman–Crippen LogP) is 2.33. The maximum Gasteiger partial charge on any atom is 0.224 e. The zero-order chi connectivity index (χ0) is 16.0. The second-order valence-electron chi connectivity index (χ2n) is 6.15. The zero-order valence-electron chi connectivity index (χ0n) is 13.3. The molecule has 0 heterocycles. The Morgan fingerprint density at radius 3 is 1.95 bits per heavy atom. The summed E-state index contributed by atoms with van der Waals surface area (Å²) in [5.74, 6) is -1.25. The molecule has 1 rings (SSSR count). The fourth-order valence-corrected chi connectivity index (χ4v) is 2.70. The molecule has 0 aromatic heterocycles. The molecule has 1 unspecified atom stereocenters. The van der Waals surface area contributed by atoms with E-state index in [9.17, 15) is 9.59 Å². The minimum Gasteiger partial charge on any atom is -0.369 e. The quantitative estimate of drug-likeness (QED) is 0.809. The molecule has 0 spiro atoms. The van der Waals surface area contributed by atoms with E-state index >= 15 is 0 Å². The molecule has 0 aliphatic rings. The summed E-state index contributed by atoms with van der Waals surface area (Å²) in [5.41, 5.74) is 6.54. The first kappa shape index (κ1) is 17.2. The van der Waals surface area contributed by atoms with Gasteiger partial charge < -0.3 is 11.1 Å². The maximum atomic E-state index is 12.5. The maximum absolute atomic E-state index is 12.5. The predicted molar refractivity (Wildman–Crippen MR) is 84.1 cm³/mol. The lowest BCUT2D eigenvalue weighted by atomic mass is 9.76. The fourth-order valence-electron chi connectivity index (χ4n) is 2.70. The van der Waals surface area contributed by atoms with E-state index in [-0.39, 0.29) is 17.7 Å². The highest BCUT2D eigenvalue weighted by molar-refractivity contribution is 5.87. The van der Waals surface area contributed by atoms with Crippen LogP contribution in [0.4, 0.5) is 0 Å². The van der Waals surface area contributed by atoms with Gasteiger partial charge in [-0.2, -0.15) is 0 Å². The smallest absolute Gasteiger partial charge is 0.224 e. The summed E-state index contributed by atoms with van der Waals surface area (Å²) in [5, 5.41) is 2.92. The van der Waals surface area contributed by atoms with Crippen molar-refractivity contribution in [3.8, 4) is 0 Å². The molecule has 0 aliphatic carbocycles. The van der Waals surface area contributed by atoms with Crippen molar-refractivity contribution >= 4 is 11.8 Å². The van der Waals surface area contributed by atoms with Crippen LogP contribution < -0.4 is 11.1 Å². The van der Waals surface area contributed by atoms with Gasteiger partial charge in [-0.3, -0.25) is 9.59 Å². The number of nitrogens with one attached hydrogen (secondary N) is 1. The van der Waals surface area contributed by atoms with Crippen molar-refractivity contribution in [1.29, 1.82) is 0 Å². The first-order chi connectivity index (χ1) is 9.84. The molecule has 116 valence electrons. The Kier molecular flexibility index (Phi) is 6.40. The number of nitrogens with two attached hydrogens (primary N) is 1. The largest absolute Gasteiger partial charge is 0.369 e. The van der Waals surface area contributed by atoms with Crippen molar-refractivity contribution in [3.63, 3.8) is 0 Å². The van der Waals surface area contributed by atoms with Gasteiger partial charge in [0.15, 0.2) is 0 Å². The molecule has 3 N–H and O–H groups in total. The van der Waals surface area contributed by atoms with E-state index in [0.29, 0.717) is 6.54 Å². The molecule has 1 aromatic carbocycles. The number of carbonyl (C=O) groups is 2. The van der Waals surface area contributed by atoms with Crippen LogP contribution in [0, 0.1) is 23.7 Å². The van der Waals surface area contributed by atoms with Crippen molar-refractivity contribution in [3.05, 3.63) is 35.9 Å². The van der Waals surface area contributed by atoms with Crippen LogP contribution in [-0.4, -0.2) is 11.8 Å². The molecule has 2 amide bonds. The average molecular weight is 290 g/mol. The minimum atomic E-state index is -0.444. The summed E-state index contributed by atoms with van der Waals surface area (Å²) in [7, 11) is 0. The van der Waals surface area contributed by atoms with E-state index in [2.05, 4.69) is 5.32 Å². The Balaban J connectivity index is 2.80. The third-order valence-corrected chi connectivity index (χ3v) is 3.76. The molecule has 0 aliphatic heterocycles. The molecule has 0 bridgehead atoms. The van der Waals surface area contributed by atoms with Gasteiger partial charge in [-0.05, 0) is 17.4 Å². The van der Waals surface area contributed by atoms with Crippen molar-refractivity contribution < 1.29 is 9.59 Å². The Morgan fingerprint density at radius 1 is 1.00 bits per heavy atom. The van der Waals surface area contributed by atoms with Crippen molar-refractivity contribution in [2.75, 3.05) is 0 Å². The van der Waals surface area contributed by atoms with Crippen molar-refractivity contribution in [2.24, 2.45) is 29.4 Å². The normalized spacial score (nSPS) is 14.0. The van der Waals surface area contributed by atoms with E-state index in [1.165, 1.54) is 0 Å². The van der Waals surface area contributed by atoms with E-state index in [4.69, 9.17) is 5.73 Å². The first-order valence-corrected chi connectivity index (χ1v) is 7.45. The van der Waals surface area contributed by atoms with Gasteiger partial charge in [-0.15, -0.1) is 0 Å². The van der Waals surface area contributed by atoms with Crippen LogP contribution in [0.3, 0.4) is 0 Å². The van der Waals surface area contributed by atoms with Gasteiger partial charge in [-0.25, -0.2) is 0 Å². The highest BCUT2D eigenvalue weighted by atomic mass is 16.2. The molecular weight excluding hydrogens is 264 g/mol. The van der Waals surface area contributed by atoms with Crippen LogP contribution in [-0.2, 0) is 16.1 Å². The molecule has 2 atom stereocenters. The van der Waals surface area contributed by atoms with Gasteiger partial charge in [0.05, 0.1) is 11.8 Å². The monoisotopic (exact) mass is 290 g/mol. The summed E-state index contributed by atoms with van der Waals surface area (Å²) in [6, 6.07) is 9.71. The van der Waals surface area contributed by atoms with Gasteiger partial charge in [0.25, 0.3) is 0 Å². The Labute approximate surface area is 127 Å². The van der Waals surface area contributed by atoms with Crippen LogP contribution >= 0.6 is 0 Å². The van der Waals surface area contributed by atoms with E-state index in [0.717, 1.165) is 5.56 Å². The topological polar surface area (TPSA) is 72.2 Å².